The number of ketones is 1. The number of aliphatic hydroxyl groups is 1. The first-order valence-electron chi connectivity index (χ1n) is 11.8. The molecule has 0 aliphatic carbocycles. The molecule has 0 spiro atoms. The van der Waals surface area contributed by atoms with Gasteiger partial charge in [-0.3, -0.25) is 9.59 Å². The van der Waals surface area contributed by atoms with Crippen LogP contribution in [0.1, 0.15) is 46.9 Å². The maximum absolute atomic E-state index is 13.2. The Kier molecular flexibility index (Phi) is 7.49. The largest absolute Gasteiger partial charge is 0.507 e. The van der Waals surface area contributed by atoms with E-state index in [0.29, 0.717) is 29.0 Å². The van der Waals surface area contributed by atoms with Gasteiger partial charge in [-0.2, -0.15) is 0 Å². The Morgan fingerprint density at radius 2 is 1.61 bits per heavy atom. The molecule has 1 amide bonds. The number of carbonyl (C=O) groups is 3. The average molecular weight is 486 g/mol. The maximum Gasteiger partial charge on any atom is 0.338 e. The van der Waals surface area contributed by atoms with Crippen LogP contribution in [0.15, 0.2) is 84.4 Å². The van der Waals surface area contributed by atoms with Gasteiger partial charge in [0.25, 0.3) is 11.7 Å². The molecule has 7 heteroatoms. The highest BCUT2D eigenvalue weighted by Crippen LogP contribution is 2.40. The van der Waals surface area contributed by atoms with Gasteiger partial charge in [-0.1, -0.05) is 54.6 Å². The second-order valence-electron chi connectivity index (χ2n) is 8.22. The molecule has 0 aromatic heterocycles. The number of hydrogen-bond acceptors (Lipinski definition) is 6. The number of ether oxygens (including phenoxy) is 2. The molecule has 7 nitrogen and oxygen atoms in total. The van der Waals surface area contributed by atoms with Crippen LogP contribution in [-0.4, -0.2) is 40.9 Å². The van der Waals surface area contributed by atoms with Gasteiger partial charge in [0.15, 0.2) is 0 Å². The van der Waals surface area contributed by atoms with Crippen LogP contribution in [0.4, 0.5) is 0 Å². The predicted molar refractivity (Wildman–Crippen MR) is 134 cm³/mol. The van der Waals surface area contributed by atoms with Crippen molar-refractivity contribution in [3.05, 3.63) is 107 Å². The zero-order valence-corrected chi connectivity index (χ0v) is 20.1. The normalized spacial score (nSPS) is 16.7. The number of aliphatic hydroxyl groups excluding tert-OH is 1. The lowest BCUT2D eigenvalue weighted by atomic mass is 9.95. The van der Waals surface area contributed by atoms with Crippen LogP contribution in [0.3, 0.4) is 0 Å². The highest BCUT2D eigenvalue weighted by Gasteiger charge is 2.46. The molecule has 1 unspecified atom stereocenters. The van der Waals surface area contributed by atoms with E-state index in [1.54, 1.807) is 55.5 Å². The van der Waals surface area contributed by atoms with Crippen molar-refractivity contribution in [1.82, 2.24) is 4.90 Å². The Morgan fingerprint density at radius 1 is 0.889 bits per heavy atom. The van der Waals surface area contributed by atoms with Crippen molar-refractivity contribution >= 4 is 23.4 Å². The predicted octanol–water partition coefficient (Wildman–Crippen LogP) is 4.88. The third kappa shape index (κ3) is 5.00. The smallest absolute Gasteiger partial charge is 0.338 e. The molecule has 1 aliphatic heterocycles. The third-order valence-electron chi connectivity index (χ3n) is 5.89. The fourth-order valence-corrected chi connectivity index (χ4v) is 4.24. The number of benzene rings is 3. The highest BCUT2D eigenvalue weighted by atomic mass is 16.5. The number of carbonyl (C=O) groups excluding carboxylic acids is 3. The Labute approximate surface area is 209 Å². The molecule has 0 bridgehead atoms. The molecule has 1 atom stereocenters. The standard InChI is InChI=1S/C29H27NO6/c1-3-35-23-12-8-11-22(17-23)26(31)24-25(20-9-6-5-7-10-20)30(28(33)27(24)32)18-19-13-15-21(16-14-19)29(34)36-4-2/h5-17,25,31H,3-4,18H2,1-2H3/b26-24+. The first kappa shape index (κ1) is 24.7. The number of esters is 1. The summed E-state index contributed by atoms with van der Waals surface area (Å²) in [6.45, 7) is 4.43. The van der Waals surface area contributed by atoms with Crippen molar-refractivity contribution in [2.24, 2.45) is 0 Å². The van der Waals surface area contributed by atoms with Gasteiger partial charge in [-0.05, 0) is 49.2 Å². The molecular weight excluding hydrogens is 458 g/mol. The molecular formula is C29H27NO6. The summed E-state index contributed by atoms with van der Waals surface area (Å²) in [6.07, 6.45) is 0. The molecule has 0 saturated carbocycles. The van der Waals surface area contributed by atoms with Crippen LogP contribution in [0.25, 0.3) is 5.76 Å². The molecule has 1 fully saturated rings. The van der Waals surface area contributed by atoms with E-state index in [1.165, 1.54) is 4.90 Å². The summed E-state index contributed by atoms with van der Waals surface area (Å²) in [5, 5.41) is 11.2. The molecule has 1 N–H and O–H groups in total. The van der Waals surface area contributed by atoms with E-state index in [4.69, 9.17) is 9.47 Å². The third-order valence-corrected chi connectivity index (χ3v) is 5.89. The van der Waals surface area contributed by atoms with Gasteiger partial charge in [0.05, 0.1) is 30.4 Å². The molecule has 1 aliphatic rings. The van der Waals surface area contributed by atoms with E-state index in [1.807, 2.05) is 37.3 Å². The Hall–Kier alpha value is -4.39. The summed E-state index contributed by atoms with van der Waals surface area (Å²) < 4.78 is 10.6. The summed E-state index contributed by atoms with van der Waals surface area (Å²) in [5.74, 6) is -1.60. The van der Waals surface area contributed by atoms with Gasteiger partial charge < -0.3 is 19.5 Å². The lowest BCUT2D eigenvalue weighted by Crippen LogP contribution is -2.29. The van der Waals surface area contributed by atoms with Gasteiger partial charge >= 0.3 is 5.97 Å². The lowest BCUT2D eigenvalue weighted by molar-refractivity contribution is -0.140. The van der Waals surface area contributed by atoms with Gasteiger partial charge in [-0.25, -0.2) is 4.79 Å². The topological polar surface area (TPSA) is 93.1 Å². The molecule has 184 valence electrons. The minimum absolute atomic E-state index is 0.0167. The number of hydrogen-bond donors (Lipinski definition) is 1. The maximum atomic E-state index is 13.2. The van der Waals surface area contributed by atoms with Gasteiger partial charge in [0.2, 0.25) is 0 Å². The van der Waals surface area contributed by atoms with E-state index in [9.17, 15) is 19.5 Å². The second-order valence-corrected chi connectivity index (χ2v) is 8.22. The van der Waals surface area contributed by atoms with Crippen molar-refractivity contribution in [1.29, 1.82) is 0 Å². The number of rotatable bonds is 8. The van der Waals surface area contributed by atoms with Crippen molar-refractivity contribution in [2.45, 2.75) is 26.4 Å². The van der Waals surface area contributed by atoms with E-state index >= 15 is 0 Å². The van der Waals surface area contributed by atoms with Crippen LogP contribution >= 0.6 is 0 Å². The van der Waals surface area contributed by atoms with E-state index in [-0.39, 0.29) is 24.5 Å². The second kappa shape index (κ2) is 10.9. The van der Waals surface area contributed by atoms with E-state index in [2.05, 4.69) is 0 Å². The Balaban J connectivity index is 1.74. The number of Topliss-reactive ketones (excluding diaryl/α,β-unsaturated/α-hetero) is 1. The summed E-state index contributed by atoms with van der Waals surface area (Å²) in [5.41, 5.74) is 2.23. The van der Waals surface area contributed by atoms with Crippen molar-refractivity contribution in [3.63, 3.8) is 0 Å². The molecule has 4 rings (SSSR count). The molecule has 0 radical (unpaired) electrons. The quantitative estimate of drug-likeness (QED) is 0.212. The van der Waals surface area contributed by atoms with E-state index in [0.717, 1.165) is 5.56 Å². The zero-order valence-electron chi connectivity index (χ0n) is 20.1. The molecule has 36 heavy (non-hydrogen) atoms. The highest BCUT2D eigenvalue weighted by molar-refractivity contribution is 6.46. The minimum atomic E-state index is -0.785. The van der Waals surface area contributed by atoms with Crippen molar-refractivity contribution < 1.29 is 29.0 Å². The van der Waals surface area contributed by atoms with Crippen molar-refractivity contribution in [3.8, 4) is 5.75 Å². The average Bonchev–Trinajstić information content (AvgIpc) is 3.14. The van der Waals surface area contributed by atoms with Crippen molar-refractivity contribution in [2.75, 3.05) is 13.2 Å². The monoisotopic (exact) mass is 485 g/mol. The first-order chi connectivity index (χ1) is 17.4. The van der Waals surface area contributed by atoms with Crippen LogP contribution in [0.2, 0.25) is 0 Å². The number of amides is 1. The summed E-state index contributed by atoms with van der Waals surface area (Å²) >= 11 is 0. The van der Waals surface area contributed by atoms with Crippen LogP contribution in [-0.2, 0) is 20.9 Å². The van der Waals surface area contributed by atoms with Crippen LogP contribution in [0.5, 0.6) is 5.75 Å². The summed E-state index contributed by atoms with van der Waals surface area (Å²) in [4.78, 5) is 39.8. The Morgan fingerprint density at radius 3 is 2.28 bits per heavy atom. The molecule has 1 heterocycles. The van der Waals surface area contributed by atoms with E-state index < -0.39 is 23.7 Å². The molecule has 1 saturated heterocycles. The number of nitrogens with zero attached hydrogens (tertiary/aromatic N) is 1. The van der Waals surface area contributed by atoms with Gasteiger partial charge in [0, 0.05) is 12.1 Å². The fourth-order valence-electron chi connectivity index (χ4n) is 4.24. The SMILES string of the molecule is CCOC(=O)c1ccc(CN2C(=O)C(=O)/C(=C(/O)c3cccc(OCC)c3)C2c2ccccc2)cc1. The molecule has 3 aromatic rings. The zero-order chi connectivity index (χ0) is 25.7. The summed E-state index contributed by atoms with van der Waals surface area (Å²) in [7, 11) is 0. The fraction of sp³-hybridized carbons (Fsp3) is 0.207. The Bertz CT molecular complexity index is 1300. The number of likely N-dealkylation sites (tertiary alicyclic amines) is 1. The minimum Gasteiger partial charge on any atom is -0.507 e. The summed E-state index contributed by atoms with van der Waals surface area (Å²) in [6, 6.07) is 21.8. The van der Waals surface area contributed by atoms with Crippen LogP contribution < -0.4 is 4.74 Å². The van der Waals surface area contributed by atoms with Gasteiger partial charge in [-0.15, -0.1) is 0 Å². The first-order valence-corrected chi connectivity index (χ1v) is 11.8. The molecule has 3 aromatic carbocycles. The van der Waals surface area contributed by atoms with Crippen LogP contribution in [0, 0.1) is 0 Å². The lowest BCUT2D eigenvalue weighted by Gasteiger charge is -2.25. The van der Waals surface area contributed by atoms with Gasteiger partial charge in [0.1, 0.15) is 11.5 Å².